The predicted octanol–water partition coefficient (Wildman–Crippen LogP) is 4.94. The fraction of sp³-hybridized carbons (Fsp3) is 0.516. The number of aromatic hydroxyl groups is 1. The number of phenols is 1. The molecule has 1 saturated carbocycles. The molecule has 2 N–H and O–H groups in total. The first-order valence-corrected chi connectivity index (χ1v) is 14.3. The van der Waals surface area contributed by atoms with Gasteiger partial charge in [0.1, 0.15) is 18.2 Å². The molecule has 5 rings (SSSR count). The quantitative estimate of drug-likeness (QED) is 0.446. The number of para-hydroxylation sites is 1. The fourth-order valence-electron chi connectivity index (χ4n) is 5.97. The summed E-state index contributed by atoms with van der Waals surface area (Å²) < 4.78 is 6.16. The average Bonchev–Trinajstić information content (AvgIpc) is 2.91. The zero-order valence-electron chi connectivity index (χ0n) is 23.6. The first-order valence-electron chi connectivity index (χ1n) is 14.3. The summed E-state index contributed by atoms with van der Waals surface area (Å²) in [5.74, 6) is 3.15. The van der Waals surface area contributed by atoms with Crippen molar-refractivity contribution < 1.29 is 14.6 Å². The van der Waals surface area contributed by atoms with Gasteiger partial charge in [-0.2, -0.15) is 0 Å². The number of aryl methyl sites for hydroxylation is 1. The number of hydrazine groups is 1. The number of hydrogen-bond acceptors (Lipinski definition) is 7. The second kappa shape index (κ2) is 11.9. The number of anilines is 1. The van der Waals surface area contributed by atoms with Crippen LogP contribution in [0.3, 0.4) is 0 Å². The number of nitrogens with zero attached hydrogens (tertiary/aromatic N) is 4. The number of amides is 1. The molecule has 2 aliphatic rings. The van der Waals surface area contributed by atoms with Gasteiger partial charge in [0.2, 0.25) is 0 Å². The third-order valence-electron chi connectivity index (χ3n) is 8.23. The summed E-state index contributed by atoms with van der Waals surface area (Å²) in [6, 6.07) is 13.4. The van der Waals surface area contributed by atoms with Crippen LogP contribution in [-0.4, -0.2) is 64.9 Å². The molecule has 0 radical (unpaired) electrons. The highest BCUT2D eigenvalue weighted by Gasteiger charge is 2.32. The molecule has 3 unspecified atom stereocenters. The van der Waals surface area contributed by atoms with Gasteiger partial charge in [0.15, 0.2) is 5.82 Å². The van der Waals surface area contributed by atoms with Crippen molar-refractivity contribution in [2.75, 3.05) is 37.7 Å². The summed E-state index contributed by atoms with van der Waals surface area (Å²) in [4.78, 5) is 24.7. The molecule has 1 amide bonds. The number of piperazine rings is 1. The number of benzene rings is 2. The molecule has 3 atom stereocenters. The van der Waals surface area contributed by atoms with Crippen molar-refractivity contribution in [3.63, 3.8) is 0 Å². The van der Waals surface area contributed by atoms with E-state index in [-0.39, 0.29) is 24.4 Å². The maximum atomic E-state index is 12.8. The zero-order chi connectivity index (χ0) is 27.5. The van der Waals surface area contributed by atoms with Crippen LogP contribution in [0.15, 0.2) is 42.5 Å². The molecule has 3 aromatic rings. The van der Waals surface area contributed by atoms with Gasteiger partial charge in [-0.3, -0.25) is 10.2 Å². The van der Waals surface area contributed by atoms with E-state index in [9.17, 15) is 9.90 Å². The Morgan fingerprint density at radius 2 is 1.87 bits per heavy atom. The van der Waals surface area contributed by atoms with Crippen molar-refractivity contribution in [1.29, 1.82) is 0 Å². The number of aromatic nitrogens is 2. The van der Waals surface area contributed by atoms with Crippen LogP contribution in [-0.2, 0) is 9.53 Å². The Bertz CT molecular complexity index is 1300. The summed E-state index contributed by atoms with van der Waals surface area (Å²) >= 11 is 0. The number of nitrogens with one attached hydrogen (secondary N) is 1. The molecule has 2 fully saturated rings. The van der Waals surface area contributed by atoms with Crippen LogP contribution < -0.4 is 10.3 Å². The Morgan fingerprint density at radius 1 is 1.10 bits per heavy atom. The second-order valence-corrected chi connectivity index (χ2v) is 11.6. The molecule has 1 aliphatic carbocycles. The van der Waals surface area contributed by atoms with E-state index in [4.69, 9.17) is 14.7 Å². The van der Waals surface area contributed by atoms with Crippen molar-refractivity contribution in [2.24, 2.45) is 17.8 Å². The van der Waals surface area contributed by atoms with Crippen LogP contribution >= 0.6 is 0 Å². The molecule has 1 aliphatic heterocycles. The van der Waals surface area contributed by atoms with Crippen molar-refractivity contribution in [2.45, 2.75) is 53.1 Å². The number of rotatable bonds is 7. The van der Waals surface area contributed by atoms with E-state index < -0.39 is 0 Å². The van der Waals surface area contributed by atoms with Gasteiger partial charge in [-0.25, -0.2) is 15.0 Å². The number of carbonyl (C=O) groups is 1. The average molecular weight is 532 g/mol. The number of carbonyl (C=O) groups excluding carboxylic acids is 1. The molecular formula is C31H41N5O3. The van der Waals surface area contributed by atoms with E-state index in [0.29, 0.717) is 55.3 Å². The van der Waals surface area contributed by atoms with E-state index in [2.05, 4.69) is 49.3 Å². The van der Waals surface area contributed by atoms with Gasteiger partial charge in [-0.15, -0.1) is 0 Å². The largest absolute Gasteiger partial charge is 0.507 e. The second-order valence-electron chi connectivity index (χ2n) is 11.6. The van der Waals surface area contributed by atoms with Crippen LogP contribution in [0.25, 0.3) is 22.3 Å². The van der Waals surface area contributed by atoms with Crippen LogP contribution in [0, 0.1) is 24.7 Å². The zero-order valence-corrected chi connectivity index (χ0v) is 23.6. The van der Waals surface area contributed by atoms with E-state index in [1.165, 1.54) is 12.8 Å². The molecule has 0 spiro atoms. The van der Waals surface area contributed by atoms with Gasteiger partial charge in [0.25, 0.3) is 5.91 Å². The number of fused-ring (bicyclic) bond motifs is 1. The maximum Gasteiger partial charge on any atom is 0.260 e. The van der Waals surface area contributed by atoms with Crippen LogP contribution in [0.2, 0.25) is 0 Å². The lowest BCUT2D eigenvalue weighted by Gasteiger charge is -2.38. The van der Waals surface area contributed by atoms with Crippen molar-refractivity contribution in [1.82, 2.24) is 20.4 Å². The Kier molecular flexibility index (Phi) is 8.33. The summed E-state index contributed by atoms with van der Waals surface area (Å²) in [6.07, 6.45) is 3.61. The third kappa shape index (κ3) is 6.34. The van der Waals surface area contributed by atoms with Crippen molar-refractivity contribution in [3.8, 4) is 17.1 Å². The SMILES string of the molecule is Cc1ccc2c(N3CCN(NC(=O)COC4CC(C)CCC4C(C)C)CC3)nc(-c3ccccc3O)nc2c1. The maximum absolute atomic E-state index is 12.8. The van der Waals surface area contributed by atoms with Crippen molar-refractivity contribution >= 4 is 22.6 Å². The molecule has 8 heteroatoms. The van der Waals surface area contributed by atoms with Gasteiger partial charge in [-0.1, -0.05) is 45.4 Å². The number of phenolic OH excluding ortho intramolecular Hbond substituents is 1. The van der Waals surface area contributed by atoms with Gasteiger partial charge in [0.05, 0.1) is 17.2 Å². The van der Waals surface area contributed by atoms with E-state index in [1.807, 2.05) is 24.1 Å². The first kappa shape index (κ1) is 27.3. The summed E-state index contributed by atoms with van der Waals surface area (Å²) in [5.41, 5.74) is 5.63. The minimum absolute atomic E-state index is 0.0889. The normalized spacial score (nSPS) is 22.4. The Morgan fingerprint density at radius 3 is 2.62 bits per heavy atom. The topological polar surface area (TPSA) is 90.8 Å². The van der Waals surface area contributed by atoms with E-state index in [0.717, 1.165) is 28.7 Å². The standard InChI is InChI=1S/C31H41N5O3/c1-20(2)23-11-9-22(4)18-28(23)39-19-29(38)34-36-15-13-35(14-16-36)31-24-12-10-21(3)17-26(24)32-30(33-31)25-7-5-6-8-27(25)37/h5-8,10,12,17,20,22-23,28,37H,9,11,13-16,18-19H2,1-4H3,(H,34,38). The first-order chi connectivity index (χ1) is 18.8. The molecule has 39 heavy (non-hydrogen) atoms. The molecule has 208 valence electrons. The Labute approximate surface area is 231 Å². The lowest BCUT2D eigenvalue weighted by Crippen LogP contribution is -2.54. The van der Waals surface area contributed by atoms with Crippen LogP contribution in [0.5, 0.6) is 5.75 Å². The van der Waals surface area contributed by atoms with Crippen LogP contribution in [0.4, 0.5) is 5.82 Å². The van der Waals surface area contributed by atoms with Gasteiger partial charge < -0.3 is 14.7 Å². The molecule has 8 nitrogen and oxygen atoms in total. The van der Waals surface area contributed by atoms with E-state index in [1.54, 1.807) is 12.1 Å². The highest BCUT2D eigenvalue weighted by molar-refractivity contribution is 5.92. The predicted molar refractivity (Wildman–Crippen MR) is 154 cm³/mol. The monoisotopic (exact) mass is 531 g/mol. The van der Waals surface area contributed by atoms with Gasteiger partial charge >= 0.3 is 0 Å². The molecule has 0 bridgehead atoms. The van der Waals surface area contributed by atoms with Gasteiger partial charge in [-0.05, 0) is 67.3 Å². The minimum atomic E-state index is -0.0889. The molecule has 1 aromatic heterocycles. The molecular weight excluding hydrogens is 490 g/mol. The highest BCUT2D eigenvalue weighted by Crippen LogP contribution is 2.35. The summed E-state index contributed by atoms with van der Waals surface area (Å²) in [6.45, 7) is 11.7. The van der Waals surface area contributed by atoms with Gasteiger partial charge in [0, 0.05) is 31.6 Å². The molecule has 2 aromatic carbocycles. The van der Waals surface area contributed by atoms with E-state index >= 15 is 0 Å². The Hall–Kier alpha value is -3.23. The number of ether oxygens (including phenoxy) is 1. The van der Waals surface area contributed by atoms with Crippen LogP contribution in [0.1, 0.15) is 45.6 Å². The number of hydrogen-bond donors (Lipinski definition) is 2. The fourth-order valence-corrected chi connectivity index (χ4v) is 5.97. The van der Waals surface area contributed by atoms with Crippen molar-refractivity contribution in [3.05, 3.63) is 48.0 Å². The summed E-state index contributed by atoms with van der Waals surface area (Å²) in [5, 5.41) is 13.4. The lowest BCUT2D eigenvalue weighted by molar-refractivity contribution is -0.136. The highest BCUT2D eigenvalue weighted by atomic mass is 16.5. The minimum Gasteiger partial charge on any atom is -0.507 e. The Balaban J connectivity index is 1.24. The molecule has 1 saturated heterocycles. The lowest BCUT2D eigenvalue weighted by atomic mass is 9.75. The molecule has 2 heterocycles. The smallest absolute Gasteiger partial charge is 0.260 e. The summed E-state index contributed by atoms with van der Waals surface area (Å²) in [7, 11) is 0. The third-order valence-corrected chi connectivity index (χ3v) is 8.23.